The van der Waals surface area contributed by atoms with E-state index >= 15 is 0 Å². The van der Waals surface area contributed by atoms with E-state index in [0.717, 1.165) is 0 Å². The Morgan fingerprint density at radius 3 is 3.00 bits per heavy atom. The highest BCUT2D eigenvalue weighted by atomic mass is 16.5. The van der Waals surface area contributed by atoms with Crippen molar-refractivity contribution in [2.24, 2.45) is 5.73 Å². The number of imidazole rings is 1. The zero-order chi connectivity index (χ0) is 13.7. The number of aromatic nitrogens is 2. The summed E-state index contributed by atoms with van der Waals surface area (Å²) in [4.78, 5) is 16.0. The van der Waals surface area contributed by atoms with Crippen molar-refractivity contribution in [1.82, 2.24) is 9.55 Å². The fraction of sp³-hybridized carbons (Fsp3) is 0.231. The van der Waals surface area contributed by atoms with Crippen LogP contribution in [-0.4, -0.2) is 22.6 Å². The minimum atomic E-state index is -0.155. The minimum absolute atomic E-state index is 0.155. The maximum atomic E-state index is 12.0. The molecule has 1 aromatic carbocycles. The summed E-state index contributed by atoms with van der Waals surface area (Å²) in [5, 5.41) is 2.80. The molecule has 0 fully saturated rings. The Morgan fingerprint density at radius 2 is 2.26 bits per heavy atom. The van der Waals surface area contributed by atoms with Crippen LogP contribution in [0.15, 0.2) is 36.7 Å². The molecule has 1 amide bonds. The van der Waals surface area contributed by atoms with Crippen molar-refractivity contribution in [1.29, 1.82) is 0 Å². The number of benzene rings is 1. The largest absolute Gasteiger partial charge is 0.495 e. The molecule has 0 spiro atoms. The number of nitrogens with two attached hydrogens (primary N) is 1. The third-order valence-electron chi connectivity index (χ3n) is 2.68. The van der Waals surface area contributed by atoms with Gasteiger partial charge >= 0.3 is 0 Å². The van der Waals surface area contributed by atoms with E-state index in [-0.39, 0.29) is 12.5 Å². The molecule has 0 radical (unpaired) electrons. The number of anilines is 1. The molecule has 0 bridgehead atoms. The van der Waals surface area contributed by atoms with Gasteiger partial charge in [0.25, 0.3) is 0 Å². The highest BCUT2D eigenvalue weighted by Crippen LogP contribution is 2.22. The van der Waals surface area contributed by atoms with Crippen molar-refractivity contribution in [3.8, 4) is 5.75 Å². The van der Waals surface area contributed by atoms with Gasteiger partial charge in [0, 0.05) is 12.4 Å². The number of hydrogen-bond donors (Lipinski definition) is 2. The summed E-state index contributed by atoms with van der Waals surface area (Å²) < 4.78 is 6.89. The molecule has 0 aliphatic rings. The zero-order valence-electron chi connectivity index (χ0n) is 10.7. The molecular formula is C13H16N4O2. The highest BCUT2D eigenvalue weighted by molar-refractivity contribution is 5.92. The molecule has 3 N–H and O–H groups in total. The number of ether oxygens (including phenoxy) is 1. The lowest BCUT2D eigenvalue weighted by atomic mass is 10.3. The Labute approximate surface area is 111 Å². The third kappa shape index (κ3) is 3.11. The molecule has 2 aromatic rings. The molecule has 0 aliphatic carbocycles. The van der Waals surface area contributed by atoms with Crippen LogP contribution in [0.2, 0.25) is 0 Å². The summed E-state index contributed by atoms with van der Waals surface area (Å²) >= 11 is 0. The van der Waals surface area contributed by atoms with Crippen LogP contribution in [0.3, 0.4) is 0 Å². The number of hydrogen-bond acceptors (Lipinski definition) is 4. The van der Waals surface area contributed by atoms with Crippen molar-refractivity contribution >= 4 is 11.6 Å². The molecule has 100 valence electrons. The summed E-state index contributed by atoms with van der Waals surface area (Å²) in [6.07, 6.45) is 3.35. The predicted molar refractivity (Wildman–Crippen MR) is 71.7 cm³/mol. The first kappa shape index (κ1) is 13.1. The SMILES string of the molecule is COc1ccccc1NC(=O)Cn1ccnc1CN. The van der Waals surface area contributed by atoms with Crippen molar-refractivity contribution in [2.45, 2.75) is 13.1 Å². The predicted octanol–water partition coefficient (Wildman–Crippen LogP) is 0.989. The van der Waals surface area contributed by atoms with Gasteiger partial charge in [-0.3, -0.25) is 4.79 Å². The number of carbonyl (C=O) groups excluding carboxylic acids is 1. The highest BCUT2D eigenvalue weighted by Gasteiger charge is 2.09. The smallest absolute Gasteiger partial charge is 0.244 e. The molecule has 0 unspecified atom stereocenters. The molecular weight excluding hydrogens is 244 g/mol. The van der Waals surface area contributed by atoms with Gasteiger partial charge in [0.1, 0.15) is 18.1 Å². The molecule has 0 saturated carbocycles. The number of nitrogens with one attached hydrogen (secondary N) is 1. The van der Waals surface area contributed by atoms with Crippen LogP contribution in [0.5, 0.6) is 5.75 Å². The van der Waals surface area contributed by atoms with Crippen molar-refractivity contribution in [3.05, 3.63) is 42.5 Å². The van der Waals surface area contributed by atoms with Crippen LogP contribution in [0.4, 0.5) is 5.69 Å². The lowest BCUT2D eigenvalue weighted by molar-refractivity contribution is -0.116. The van der Waals surface area contributed by atoms with Gasteiger partial charge in [-0.25, -0.2) is 4.98 Å². The number of methoxy groups -OCH3 is 1. The monoisotopic (exact) mass is 260 g/mol. The molecule has 2 rings (SSSR count). The second-order valence-corrected chi connectivity index (χ2v) is 3.92. The van der Waals surface area contributed by atoms with E-state index in [1.54, 1.807) is 36.2 Å². The molecule has 1 heterocycles. The summed E-state index contributed by atoms with van der Waals surface area (Å²) in [5.41, 5.74) is 6.18. The molecule has 0 saturated heterocycles. The summed E-state index contributed by atoms with van der Waals surface area (Å²) in [7, 11) is 1.56. The topological polar surface area (TPSA) is 82.2 Å². The van der Waals surface area contributed by atoms with Crippen LogP contribution in [0, 0.1) is 0 Å². The van der Waals surface area contributed by atoms with Crippen LogP contribution in [0.1, 0.15) is 5.82 Å². The maximum absolute atomic E-state index is 12.0. The van der Waals surface area contributed by atoms with Crippen LogP contribution in [0.25, 0.3) is 0 Å². The van der Waals surface area contributed by atoms with Gasteiger partial charge < -0.3 is 20.4 Å². The number of nitrogens with zero attached hydrogens (tertiary/aromatic N) is 2. The van der Waals surface area contributed by atoms with E-state index in [2.05, 4.69) is 10.3 Å². The third-order valence-corrected chi connectivity index (χ3v) is 2.68. The van der Waals surface area contributed by atoms with Gasteiger partial charge in [-0.05, 0) is 12.1 Å². The average Bonchev–Trinajstić information content (AvgIpc) is 2.86. The number of rotatable bonds is 5. The van der Waals surface area contributed by atoms with Gasteiger partial charge in [0.2, 0.25) is 5.91 Å². The van der Waals surface area contributed by atoms with Crippen LogP contribution >= 0.6 is 0 Å². The number of carbonyl (C=O) groups is 1. The number of para-hydroxylation sites is 2. The minimum Gasteiger partial charge on any atom is -0.495 e. The van der Waals surface area contributed by atoms with Crippen molar-refractivity contribution in [3.63, 3.8) is 0 Å². The molecule has 6 heteroatoms. The van der Waals surface area contributed by atoms with E-state index in [0.29, 0.717) is 23.8 Å². The second kappa shape index (κ2) is 6.01. The Bertz CT molecular complexity index is 565. The second-order valence-electron chi connectivity index (χ2n) is 3.92. The van der Waals surface area contributed by atoms with E-state index in [4.69, 9.17) is 10.5 Å². The molecule has 1 aromatic heterocycles. The van der Waals surface area contributed by atoms with E-state index in [1.807, 2.05) is 12.1 Å². The molecule has 6 nitrogen and oxygen atoms in total. The van der Waals surface area contributed by atoms with E-state index in [1.165, 1.54) is 0 Å². The fourth-order valence-corrected chi connectivity index (χ4v) is 1.77. The molecule has 19 heavy (non-hydrogen) atoms. The normalized spacial score (nSPS) is 10.2. The zero-order valence-corrected chi connectivity index (χ0v) is 10.7. The Balaban J connectivity index is 2.05. The summed E-state index contributed by atoms with van der Waals surface area (Å²) in [5.74, 6) is 1.15. The Kier molecular flexibility index (Phi) is 4.15. The lowest BCUT2D eigenvalue weighted by Crippen LogP contribution is -2.21. The van der Waals surface area contributed by atoms with E-state index in [9.17, 15) is 4.79 Å². The molecule has 0 atom stereocenters. The van der Waals surface area contributed by atoms with Gasteiger partial charge in [-0.2, -0.15) is 0 Å². The van der Waals surface area contributed by atoms with Gasteiger partial charge in [0.15, 0.2) is 0 Å². The number of amides is 1. The first-order valence-corrected chi connectivity index (χ1v) is 5.87. The van der Waals surface area contributed by atoms with Crippen LogP contribution < -0.4 is 15.8 Å². The quantitative estimate of drug-likeness (QED) is 0.840. The lowest BCUT2D eigenvalue weighted by Gasteiger charge is -2.11. The van der Waals surface area contributed by atoms with Crippen molar-refractivity contribution in [2.75, 3.05) is 12.4 Å². The summed E-state index contributed by atoms with van der Waals surface area (Å²) in [6, 6.07) is 7.25. The standard InChI is InChI=1S/C13H16N4O2/c1-19-11-5-3-2-4-10(11)16-13(18)9-17-7-6-15-12(17)8-14/h2-7H,8-9,14H2,1H3,(H,16,18). The van der Waals surface area contributed by atoms with Gasteiger partial charge in [-0.1, -0.05) is 12.1 Å². The van der Waals surface area contributed by atoms with Gasteiger partial charge in [0.05, 0.1) is 19.3 Å². The average molecular weight is 260 g/mol. The molecule has 0 aliphatic heterocycles. The van der Waals surface area contributed by atoms with E-state index < -0.39 is 0 Å². The first-order chi connectivity index (χ1) is 9.24. The Morgan fingerprint density at radius 1 is 1.47 bits per heavy atom. The van der Waals surface area contributed by atoms with Crippen molar-refractivity contribution < 1.29 is 9.53 Å². The maximum Gasteiger partial charge on any atom is 0.244 e. The van der Waals surface area contributed by atoms with Gasteiger partial charge in [-0.15, -0.1) is 0 Å². The van der Waals surface area contributed by atoms with Crippen LogP contribution in [-0.2, 0) is 17.9 Å². The first-order valence-electron chi connectivity index (χ1n) is 5.87. The Hall–Kier alpha value is -2.34. The summed E-state index contributed by atoms with van der Waals surface area (Å²) in [6.45, 7) is 0.472. The fourth-order valence-electron chi connectivity index (χ4n) is 1.77.